The van der Waals surface area contributed by atoms with Crippen molar-refractivity contribution in [2.75, 3.05) is 19.0 Å². The first-order valence-corrected chi connectivity index (χ1v) is 11.3. The van der Waals surface area contributed by atoms with Crippen LogP contribution in [0.1, 0.15) is 37.2 Å². The Kier molecular flexibility index (Phi) is 4.75. The Morgan fingerprint density at radius 1 is 1.17 bits per heavy atom. The van der Waals surface area contributed by atoms with Gasteiger partial charge in [0.2, 0.25) is 5.88 Å². The Balaban J connectivity index is 1.37. The molecule has 35 heavy (non-hydrogen) atoms. The highest BCUT2D eigenvalue weighted by molar-refractivity contribution is 5.73. The molecule has 3 aromatic rings. The van der Waals surface area contributed by atoms with Crippen molar-refractivity contribution >= 4 is 5.82 Å². The number of phenolic OH excluding ortho intramolecular Hbond substituents is 1. The number of hydrogen-bond donors (Lipinski definition) is 2. The van der Waals surface area contributed by atoms with Crippen LogP contribution in [0, 0.1) is 5.82 Å². The minimum Gasteiger partial charge on any atom is -0.507 e. The van der Waals surface area contributed by atoms with Crippen LogP contribution in [0.2, 0.25) is 0 Å². The van der Waals surface area contributed by atoms with Crippen molar-refractivity contribution in [1.82, 2.24) is 25.5 Å². The fourth-order valence-electron chi connectivity index (χ4n) is 5.34. The lowest BCUT2D eigenvalue weighted by molar-refractivity contribution is 0.0859. The highest BCUT2D eigenvalue weighted by Crippen LogP contribution is 2.45. The first-order valence-electron chi connectivity index (χ1n) is 12.8. The van der Waals surface area contributed by atoms with Gasteiger partial charge in [0.15, 0.2) is 11.6 Å². The maximum atomic E-state index is 15.5. The molecule has 184 valence electrons. The number of phenols is 1. The zero-order valence-electron chi connectivity index (χ0n) is 22.6. The van der Waals surface area contributed by atoms with Crippen molar-refractivity contribution in [3.8, 4) is 34.1 Å². The lowest BCUT2D eigenvalue weighted by Gasteiger charge is -2.47. The molecule has 2 aliphatic rings. The number of anilines is 1. The lowest BCUT2D eigenvalue weighted by atomic mass is 9.82. The monoisotopic (exact) mass is 485 g/mol. The summed E-state index contributed by atoms with van der Waals surface area (Å²) in [5.74, 6) is -0.696. The molecule has 2 aromatic heterocycles. The zero-order valence-corrected chi connectivity index (χ0v) is 19.6. The highest BCUT2D eigenvalue weighted by atomic mass is 19.1. The van der Waals surface area contributed by atoms with Crippen LogP contribution in [0.4, 0.5) is 14.6 Å². The molecule has 2 fully saturated rings. The third kappa shape index (κ3) is 4.05. The maximum Gasteiger partial charge on any atom is 0.213 e. The van der Waals surface area contributed by atoms with Crippen molar-refractivity contribution in [3.63, 3.8) is 0 Å². The number of benzene rings is 1. The van der Waals surface area contributed by atoms with E-state index >= 15 is 4.39 Å². The standard InChI is InChI=1S/C25H28F2N6O2/c1-24-7-8-25(2,32-24)22(27)18(11-24)33(3)20-13-29-23(31-30-20)15-6-5-14(9-19(15)34)16-10-21(35-4)28-12-17(16)26/h5-6,9-10,12-13,18,22,32,34H,7-8,11H2,1-4H3/t18-,22-,24-,25+/m1/s1/i4D3. The van der Waals surface area contributed by atoms with E-state index in [9.17, 15) is 9.50 Å². The van der Waals surface area contributed by atoms with Crippen molar-refractivity contribution < 1.29 is 22.7 Å². The van der Waals surface area contributed by atoms with Crippen molar-refractivity contribution in [3.05, 3.63) is 42.5 Å². The van der Waals surface area contributed by atoms with Crippen molar-refractivity contribution in [2.45, 2.75) is 56.4 Å². The zero-order chi connectivity index (χ0) is 27.5. The third-order valence-electron chi connectivity index (χ3n) is 7.28. The van der Waals surface area contributed by atoms with E-state index in [2.05, 4.69) is 32.4 Å². The number of nitrogens with one attached hydrogen (secondary N) is 1. The number of fused-ring (bicyclic) bond motifs is 2. The number of hydrogen-bond acceptors (Lipinski definition) is 8. The Bertz CT molecular complexity index is 1360. The first kappa shape index (κ1) is 19.9. The van der Waals surface area contributed by atoms with Gasteiger partial charge in [0.05, 0.1) is 35.1 Å². The predicted octanol–water partition coefficient (Wildman–Crippen LogP) is 3.90. The topological polar surface area (TPSA) is 96.3 Å². The molecule has 2 N–H and O–H groups in total. The Labute approximate surface area is 206 Å². The summed E-state index contributed by atoms with van der Waals surface area (Å²) in [6.45, 7) is 4.03. The lowest BCUT2D eigenvalue weighted by Crippen LogP contribution is -2.65. The summed E-state index contributed by atoms with van der Waals surface area (Å²) in [4.78, 5) is 9.74. The van der Waals surface area contributed by atoms with Crippen LogP contribution in [-0.2, 0) is 0 Å². The fraction of sp³-hybridized carbons (Fsp3) is 0.440. The Hall–Kier alpha value is -3.40. The molecule has 5 rings (SSSR count). The largest absolute Gasteiger partial charge is 0.507 e. The van der Waals surface area contributed by atoms with Gasteiger partial charge >= 0.3 is 0 Å². The van der Waals surface area contributed by atoms with E-state index in [4.69, 9.17) is 8.85 Å². The minimum absolute atomic E-state index is 0.00350. The summed E-state index contributed by atoms with van der Waals surface area (Å²) in [6, 6.07) is 5.08. The molecule has 0 aliphatic carbocycles. The second kappa shape index (κ2) is 8.37. The minimum atomic E-state index is -2.74. The molecule has 2 aliphatic heterocycles. The number of nitrogens with zero attached hydrogens (tertiary/aromatic N) is 5. The molecule has 8 nitrogen and oxygen atoms in total. The van der Waals surface area contributed by atoms with Crippen LogP contribution in [0.15, 0.2) is 36.7 Å². The fourth-order valence-corrected chi connectivity index (χ4v) is 5.34. The Morgan fingerprint density at radius 2 is 2.00 bits per heavy atom. The number of rotatable bonds is 5. The molecular weight excluding hydrogens is 454 g/mol. The average Bonchev–Trinajstić information content (AvgIpc) is 3.13. The summed E-state index contributed by atoms with van der Waals surface area (Å²) < 4.78 is 56.2. The Morgan fingerprint density at radius 3 is 2.71 bits per heavy atom. The summed E-state index contributed by atoms with van der Waals surface area (Å²) >= 11 is 0. The SMILES string of the molecule is [2H]C([2H])([2H])Oc1cc(-c2ccc(-c3ncc(N(C)[C@@H]4C[C@@]5(C)CC[C@](C)(N5)[C@@H]4F)nn3)c(O)c2)c(F)cn1. The van der Waals surface area contributed by atoms with E-state index in [1.807, 2.05) is 6.92 Å². The molecule has 0 saturated carbocycles. The van der Waals surface area contributed by atoms with Crippen LogP contribution in [0.5, 0.6) is 11.6 Å². The van der Waals surface area contributed by atoms with Gasteiger partial charge in [-0.05, 0) is 50.8 Å². The maximum absolute atomic E-state index is 15.5. The van der Waals surface area contributed by atoms with Crippen LogP contribution < -0.4 is 15.0 Å². The smallest absolute Gasteiger partial charge is 0.213 e. The van der Waals surface area contributed by atoms with Gasteiger partial charge in [0.1, 0.15) is 17.7 Å². The van der Waals surface area contributed by atoms with Crippen molar-refractivity contribution in [1.29, 1.82) is 0 Å². The van der Waals surface area contributed by atoms with Crippen LogP contribution >= 0.6 is 0 Å². The van der Waals surface area contributed by atoms with Gasteiger partial charge in [-0.2, -0.15) is 0 Å². The molecule has 4 heterocycles. The van der Waals surface area contributed by atoms with Crippen LogP contribution in [0.3, 0.4) is 0 Å². The van der Waals surface area contributed by atoms with E-state index in [1.165, 1.54) is 24.4 Å². The molecular formula is C25H28F2N6O2. The molecule has 1 aromatic carbocycles. The van der Waals surface area contributed by atoms with E-state index in [-0.39, 0.29) is 39.7 Å². The second-order valence-corrected chi connectivity index (χ2v) is 9.86. The van der Waals surface area contributed by atoms with E-state index in [1.54, 1.807) is 11.9 Å². The number of methoxy groups -OCH3 is 1. The van der Waals surface area contributed by atoms with Gasteiger partial charge in [-0.15, -0.1) is 10.2 Å². The molecule has 2 bridgehead atoms. The van der Waals surface area contributed by atoms with Crippen LogP contribution in [0.25, 0.3) is 22.5 Å². The van der Waals surface area contributed by atoms with Gasteiger partial charge in [-0.1, -0.05) is 6.07 Å². The number of pyridine rings is 1. The summed E-state index contributed by atoms with van der Waals surface area (Å²) in [6.07, 6.45) is 3.53. The van der Waals surface area contributed by atoms with E-state index in [0.29, 0.717) is 12.2 Å². The van der Waals surface area contributed by atoms with Crippen molar-refractivity contribution in [2.24, 2.45) is 0 Å². The number of aromatic hydroxyl groups is 1. The van der Waals surface area contributed by atoms with Crippen LogP contribution in [-0.4, -0.2) is 62.6 Å². The van der Waals surface area contributed by atoms with E-state index in [0.717, 1.165) is 25.1 Å². The normalized spacial score (nSPS) is 29.2. The summed E-state index contributed by atoms with van der Waals surface area (Å²) in [5, 5.41) is 22.5. The van der Waals surface area contributed by atoms with Gasteiger partial charge in [-0.25, -0.2) is 18.7 Å². The molecule has 0 unspecified atom stereocenters. The van der Waals surface area contributed by atoms with Gasteiger partial charge in [-0.3, -0.25) is 0 Å². The number of aromatic nitrogens is 4. The van der Waals surface area contributed by atoms with Gasteiger partial charge < -0.3 is 20.1 Å². The van der Waals surface area contributed by atoms with E-state index < -0.39 is 30.6 Å². The molecule has 10 heteroatoms. The first-order chi connectivity index (χ1) is 17.8. The summed E-state index contributed by atoms with van der Waals surface area (Å²) in [7, 11) is -0.965. The number of piperidine rings is 1. The van der Waals surface area contributed by atoms with Gasteiger partial charge in [0, 0.05) is 29.8 Å². The average molecular weight is 486 g/mol. The third-order valence-corrected chi connectivity index (χ3v) is 7.28. The quantitative estimate of drug-likeness (QED) is 0.562. The number of halogens is 2. The van der Waals surface area contributed by atoms with Gasteiger partial charge in [0.25, 0.3) is 0 Å². The number of ether oxygens (including phenoxy) is 1. The molecule has 4 atom stereocenters. The number of alkyl halides is 1. The molecule has 0 spiro atoms. The molecule has 0 radical (unpaired) electrons. The predicted molar refractivity (Wildman–Crippen MR) is 128 cm³/mol. The summed E-state index contributed by atoms with van der Waals surface area (Å²) in [5.41, 5.74) is -0.210. The molecule has 2 saturated heterocycles. The molecule has 0 amide bonds. The highest BCUT2D eigenvalue weighted by Gasteiger charge is 2.56. The second-order valence-electron chi connectivity index (χ2n) is 9.86.